The van der Waals surface area contributed by atoms with E-state index in [4.69, 9.17) is 46.1 Å². The summed E-state index contributed by atoms with van der Waals surface area (Å²) < 4.78 is 93.4. The molecule has 0 aliphatic heterocycles. The lowest BCUT2D eigenvalue weighted by atomic mass is 9.97. The van der Waals surface area contributed by atoms with Gasteiger partial charge in [-0.05, 0) is 229 Å². The molecule has 1 N–H and O–H groups in total. The van der Waals surface area contributed by atoms with Gasteiger partial charge in [-0.2, -0.15) is 43.1 Å². The molecular weight excluding hydrogens is 1770 g/mol. The van der Waals surface area contributed by atoms with Gasteiger partial charge in [0.25, 0.3) is 17.7 Å². The van der Waals surface area contributed by atoms with Crippen molar-refractivity contribution < 1.29 is 59.3 Å². The predicted octanol–water partition coefficient (Wildman–Crippen LogP) is 24.9. The van der Waals surface area contributed by atoms with Crippen molar-refractivity contribution in [3.8, 4) is 126 Å². The maximum atomic E-state index is 12.8. The van der Waals surface area contributed by atoms with Crippen molar-refractivity contribution in [2.24, 2.45) is 11.8 Å². The monoisotopic (exact) mass is 1870 g/mol. The summed E-state index contributed by atoms with van der Waals surface area (Å²) in [5.74, 6) is 10.9. The molecule has 19 rings (SSSR count). The highest BCUT2D eigenvalue weighted by atomic mass is 79.9. The highest BCUT2D eigenvalue weighted by Crippen LogP contribution is 2.40. The number of alkyl halides is 3. The minimum atomic E-state index is -4.45. The SMILES string of the molecule is CC(C)Cc1ccc(C(C)c2nc(-c3ccncc3)no2)cc1.CCOc1cc(OCC)cc(-c2nc(-c3ccncc3)no2)c1.CCOc1ccc(-c2nc(-c3cccc4[nH]ccc34)no2)cc1OCC.Cc1cnccc1-c1noc(C(C)c2ccc(CC(C)C)cc2)n1.FC(F)(F)c1cc(Br)cc(-c2nc(-c3ccncc3)no2)c1.c1cc(-c2noc(C3CCCC3)n2)ccn1. The molecule has 2 unspecified atom stereocenters. The quantitative estimate of drug-likeness (QED) is 0.0526. The van der Waals surface area contributed by atoms with Crippen molar-refractivity contribution >= 4 is 26.8 Å². The summed E-state index contributed by atoms with van der Waals surface area (Å²) in [6.07, 6.45) is 21.5. The third kappa shape index (κ3) is 25.6. The molecule has 12 aromatic heterocycles. The molecule has 0 amide bonds. The number of halogens is 4. The summed E-state index contributed by atoms with van der Waals surface area (Å²) in [7, 11) is 0. The summed E-state index contributed by atoms with van der Waals surface area (Å²) in [4.78, 5) is 49.8. The topological polar surface area (TPSA) is 351 Å². The van der Waals surface area contributed by atoms with Gasteiger partial charge in [0.05, 0.1) is 43.8 Å². The van der Waals surface area contributed by atoms with Crippen LogP contribution in [-0.4, -0.2) is 117 Å². The Hall–Kier alpha value is -15.1. The lowest BCUT2D eigenvalue weighted by Crippen LogP contribution is -2.04. The molecule has 686 valence electrons. The van der Waals surface area contributed by atoms with E-state index < -0.39 is 11.7 Å². The number of aromatic amines is 1. The number of H-pyrrole nitrogens is 1. The molecule has 0 saturated heterocycles. The second-order valence-electron chi connectivity index (χ2n) is 31.9. The highest BCUT2D eigenvalue weighted by Gasteiger charge is 2.32. The summed E-state index contributed by atoms with van der Waals surface area (Å²) in [6.45, 7) is 25.1. The van der Waals surface area contributed by atoms with Gasteiger partial charge in [-0.3, -0.25) is 24.9 Å². The molecule has 0 radical (unpaired) electrons. The second-order valence-corrected chi connectivity index (χ2v) is 32.8. The Morgan fingerprint density at radius 3 is 1.35 bits per heavy atom. The van der Waals surface area contributed by atoms with Crippen molar-refractivity contribution in [2.75, 3.05) is 26.4 Å². The van der Waals surface area contributed by atoms with Crippen molar-refractivity contribution in [3.63, 3.8) is 0 Å². The largest absolute Gasteiger partial charge is 0.494 e. The molecular formula is C102H100BrF3N18O10. The first-order valence-corrected chi connectivity index (χ1v) is 44.9. The first kappa shape index (κ1) is 95.0. The number of ether oxygens (including phenoxy) is 4. The van der Waals surface area contributed by atoms with E-state index in [2.05, 4.69) is 197 Å². The Balaban J connectivity index is 0.000000130. The van der Waals surface area contributed by atoms with Crippen LogP contribution >= 0.6 is 15.9 Å². The van der Waals surface area contributed by atoms with Crippen LogP contribution in [0.4, 0.5) is 13.2 Å². The van der Waals surface area contributed by atoms with Crippen molar-refractivity contribution in [3.05, 3.63) is 306 Å². The number of pyridine rings is 5. The summed E-state index contributed by atoms with van der Waals surface area (Å²) in [5, 5.41) is 25.2. The van der Waals surface area contributed by atoms with Gasteiger partial charge in [-0.25, -0.2) is 0 Å². The molecule has 28 nitrogen and oxygen atoms in total. The predicted molar refractivity (Wildman–Crippen MR) is 504 cm³/mol. The van der Waals surface area contributed by atoms with Crippen molar-refractivity contribution in [2.45, 2.75) is 139 Å². The molecule has 1 fully saturated rings. The van der Waals surface area contributed by atoms with Gasteiger partial charge in [0.15, 0.2) is 11.5 Å². The first-order chi connectivity index (χ1) is 65.1. The fraction of sp³-hybridized carbons (Fsp3) is 0.265. The fourth-order valence-electron chi connectivity index (χ4n) is 14.5. The molecule has 12 heterocycles. The molecule has 18 aromatic rings. The van der Waals surface area contributed by atoms with Crippen LogP contribution in [-0.2, 0) is 19.0 Å². The minimum Gasteiger partial charge on any atom is -0.494 e. The number of rotatable bonds is 26. The van der Waals surface area contributed by atoms with Gasteiger partial charge >= 0.3 is 6.18 Å². The maximum Gasteiger partial charge on any atom is 0.416 e. The number of benzene rings is 6. The first-order valence-electron chi connectivity index (χ1n) is 44.1. The summed E-state index contributed by atoms with van der Waals surface area (Å²) in [6, 6.07) is 56.4. The molecule has 134 heavy (non-hydrogen) atoms. The van der Waals surface area contributed by atoms with E-state index in [1.54, 1.807) is 67.9 Å². The van der Waals surface area contributed by atoms with Crippen LogP contribution in [0.1, 0.15) is 164 Å². The average Bonchev–Trinajstić information content (AvgIpc) is 1.62. The molecule has 2 atom stereocenters. The Bertz CT molecular complexity index is 6660. The van der Waals surface area contributed by atoms with E-state index in [1.807, 2.05) is 150 Å². The van der Waals surface area contributed by atoms with Crippen LogP contribution in [0.5, 0.6) is 23.0 Å². The third-order valence-electron chi connectivity index (χ3n) is 21.2. The number of fused-ring (bicyclic) bond motifs is 1. The van der Waals surface area contributed by atoms with E-state index in [-0.39, 0.29) is 33.6 Å². The van der Waals surface area contributed by atoms with Crippen LogP contribution in [0, 0.1) is 18.8 Å². The van der Waals surface area contributed by atoms with Crippen molar-refractivity contribution in [1.82, 2.24) is 90.7 Å². The van der Waals surface area contributed by atoms with Crippen LogP contribution in [0.3, 0.4) is 0 Å². The van der Waals surface area contributed by atoms with E-state index in [9.17, 15) is 13.2 Å². The van der Waals surface area contributed by atoms with Crippen LogP contribution in [0.15, 0.2) is 282 Å². The summed E-state index contributed by atoms with van der Waals surface area (Å²) >= 11 is 3.06. The smallest absolute Gasteiger partial charge is 0.416 e. The maximum absolute atomic E-state index is 12.8. The lowest BCUT2D eigenvalue weighted by molar-refractivity contribution is -0.137. The van der Waals surface area contributed by atoms with Crippen LogP contribution in [0.2, 0.25) is 0 Å². The number of nitrogens with zero attached hydrogens (tertiary/aromatic N) is 17. The van der Waals surface area contributed by atoms with Gasteiger partial charge in [0, 0.05) is 146 Å². The van der Waals surface area contributed by atoms with Gasteiger partial charge in [-0.1, -0.05) is 148 Å². The second kappa shape index (κ2) is 46.1. The Morgan fingerprint density at radius 2 is 0.843 bits per heavy atom. The van der Waals surface area contributed by atoms with E-state index in [0.717, 1.165) is 86.3 Å². The Labute approximate surface area is 780 Å². The fourth-order valence-corrected chi connectivity index (χ4v) is 15.0. The zero-order valence-corrected chi connectivity index (χ0v) is 77.4. The molecule has 1 aliphatic carbocycles. The molecule has 0 bridgehead atoms. The summed E-state index contributed by atoms with van der Waals surface area (Å²) in [5.41, 5.74) is 13.4. The number of aryl methyl sites for hydroxylation is 1. The minimum absolute atomic E-state index is 0.0126. The van der Waals surface area contributed by atoms with E-state index >= 15 is 0 Å². The number of hydrogen-bond donors (Lipinski definition) is 1. The zero-order valence-electron chi connectivity index (χ0n) is 75.8. The lowest BCUT2D eigenvalue weighted by Gasteiger charge is -2.11. The van der Waals surface area contributed by atoms with E-state index in [1.165, 1.54) is 54.0 Å². The Morgan fingerprint density at radius 1 is 0.403 bits per heavy atom. The molecule has 32 heteroatoms. The van der Waals surface area contributed by atoms with Crippen LogP contribution < -0.4 is 18.9 Å². The molecule has 1 aliphatic rings. The standard InChI is InChI=1S/C20H19N3O3.C20H23N3O.C19H21N3O.C17H17N3O3.C14H7BrF3N3O.C12H13N3O/c1-3-24-17-9-8-13(12-18(17)25-4-2)20-22-19(23-26-20)15-6-5-7-16-14(15)10-11-21-16;1-13(2)11-16-5-7-17(8-6-16)15(4)20-22-19(23-24-20)18-9-10-21-12-14(18)3;1-13(2)12-15-4-6-16(7-5-15)14(3)19-21-18(22-23-19)17-8-10-20-11-9-17;1-3-21-14-9-13(10-15(11-14)22-4-2)17-19-16(20-23-17)12-5-7-18-8-6-12;15-11-6-9(5-10(7-11)14(16,17)18)13-20-12(21-22-13)8-1-3-19-4-2-8;1-2-4-10(3-1)12-14-11(15-16-12)9-5-7-13-8-6-9/h5-12,21H,3-4H2,1-2H3;5-10,12-13,15H,11H2,1-4H3;4-11,13-14H,12H2,1-3H3;5-11H,3-4H2,1-2H3;1-7H;5-8,10H,1-4H2. The third-order valence-corrected chi connectivity index (χ3v) is 21.6. The van der Waals surface area contributed by atoms with Gasteiger partial charge in [0.1, 0.15) is 11.5 Å². The van der Waals surface area contributed by atoms with Gasteiger partial charge < -0.3 is 51.1 Å². The van der Waals surface area contributed by atoms with Crippen LogP contribution in [0.25, 0.3) is 114 Å². The van der Waals surface area contributed by atoms with Crippen molar-refractivity contribution in [1.29, 1.82) is 0 Å². The number of hydrogen-bond acceptors (Lipinski definition) is 27. The molecule has 1 saturated carbocycles. The molecule has 0 spiro atoms. The number of aromatic nitrogens is 18. The zero-order chi connectivity index (χ0) is 93.9. The Kier molecular flexibility index (Phi) is 32.7. The van der Waals surface area contributed by atoms with E-state index in [0.29, 0.717) is 125 Å². The normalized spacial score (nSPS) is 12.2. The van der Waals surface area contributed by atoms with Gasteiger partial charge in [0.2, 0.25) is 52.6 Å². The van der Waals surface area contributed by atoms with Gasteiger partial charge in [-0.15, -0.1) is 0 Å². The highest BCUT2D eigenvalue weighted by molar-refractivity contribution is 9.10. The molecule has 6 aromatic carbocycles. The average molecular weight is 1870 g/mol. The number of nitrogens with one attached hydrogen (secondary N) is 1.